The molecule has 1 heterocycles. The van der Waals surface area contributed by atoms with Gasteiger partial charge in [-0.1, -0.05) is 17.3 Å². The minimum absolute atomic E-state index is 0.287. The SMILES string of the molecule is Cc1ccc(-c2noc(C(C)Oc3ccc(C#N)cc3)n2)cc1F. The quantitative estimate of drug-likeness (QED) is 0.719. The Hall–Kier alpha value is -3.20. The summed E-state index contributed by atoms with van der Waals surface area (Å²) in [5, 5.41) is 12.7. The van der Waals surface area contributed by atoms with Crippen molar-refractivity contribution in [2.75, 3.05) is 0 Å². The molecular weight excluding hydrogens is 309 g/mol. The predicted molar refractivity (Wildman–Crippen MR) is 84.6 cm³/mol. The van der Waals surface area contributed by atoms with Crippen LogP contribution in [0.15, 0.2) is 47.0 Å². The lowest BCUT2D eigenvalue weighted by atomic mass is 10.1. The van der Waals surface area contributed by atoms with Gasteiger partial charge in [-0.2, -0.15) is 10.2 Å². The fraction of sp³-hybridized carbons (Fsp3) is 0.167. The number of hydrogen-bond donors (Lipinski definition) is 0. The summed E-state index contributed by atoms with van der Waals surface area (Å²) in [4.78, 5) is 4.26. The van der Waals surface area contributed by atoms with Crippen LogP contribution in [0.25, 0.3) is 11.4 Å². The van der Waals surface area contributed by atoms with Gasteiger partial charge in [0.1, 0.15) is 11.6 Å². The van der Waals surface area contributed by atoms with Gasteiger partial charge in [-0.3, -0.25) is 0 Å². The third kappa shape index (κ3) is 3.25. The molecule has 24 heavy (non-hydrogen) atoms. The van der Waals surface area contributed by atoms with Crippen LogP contribution in [0, 0.1) is 24.1 Å². The minimum atomic E-state index is -0.477. The first-order valence-electron chi connectivity index (χ1n) is 7.34. The lowest BCUT2D eigenvalue weighted by molar-refractivity contribution is 0.176. The fourth-order valence-corrected chi connectivity index (χ4v) is 2.11. The number of hydrogen-bond acceptors (Lipinski definition) is 5. The molecule has 3 rings (SSSR count). The second kappa shape index (κ2) is 6.50. The van der Waals surface area contributed by atoms with Gasteiger partial charge < -0.3 is 9.26 Å². The van der Waals surface area contributed by atoms with Gasteiger partial charge in [0.15, 0.2) is 6.10 Å². The second-order valence-corrected chi connectivity index (χ2v) is 5.32. The zero-order valence-electron chi connectivity index (χ0n) is 13.2. The number of halogens is 1. The molecule has 6 heteroatoms. The lowest BCUT2D eigenvalue weighted by Crippen LogP contribution is -2.03. The Kier molecular flexibility index (Phi) is 4.25. The highest BCUT2D eigenvalue weighted by atomic mass is 19.1. The number of ether oxygens (including phenoxy) is 1. The molecule has 0 amide bonds. The van der Waals surface area contributed by atoms with Crippen LogP contribution in [0.3, 0.4) is 0 Å². The van der Waals surface area contributed by atoms with Crippen LogP contribution < -0.4 is 4.74 Å². The van der Waals surface area contributed by atoms with Crippen molar-refractivity contribution in [3.05, 3.63) is 65.3 Å². The van der Waals surface area contributed by atoms with E-state index in [2.05, 4.69) is 10.1 Å². The van der Waals surface area contributed by atoms with Crippen LogP contribution in [0.4, 0.5) is 4.39 Å². The van der Waals surface area contributed by atoms with Crippen molar-refractivity contribution >= 4 is 0 Å². The van der Waals surface area contributed by atoms with Crippen molar-refractivity contribution in [3.63, 3.8) is 0 Å². The molecule has 0 aliphatic heterocycles. The van der Waals surface area contributed by atoms with Crippen molar-refractivity contribution in [3.8, 4) is 23.2 Å². The minimum Gasteiger partial charge on any atom is -0.481 e. The summed E-state index contributed by atoms with van der Waals surface area (Å²) in [5.74, 6) is 0.859. The summed E-state index contributed by atoms with van der Waals surface area (Å²) in [6.07, 6.45) is -0.477. The lowest BCUT2D eigenvalue weighted by Gasteiger charge is -2.10. The molecule has 0 N–H and O–H groups in total. The molecule has 1 unspecified atom stereocenters. The zero-order chi connectivity index (χ0) is 17.1. The summed E-state index contributed by atoms with van der Waals surface area (Å²) >= 11 is 0. The van der Waals surface area contributed by atoms with Crippen LogP contribution in [0.2, 0.25) is 0 Å². The first-order valence-corrected chi connectivity index (χ1v) is 7.34. The topological polar surface area (TPSA) is 71.9 Å². The molecule has 1 aromatic heterocycles. The van der Waals surface area contributed by atoms with E-state index in [9.17, 15) is 4.39 Å². The summed E-state index contributed by atoms with van der Waals surface area (Å²) in [5.41, 5.74) is 1.65. The van der Waals surface area contributed by atoms with Crippen molar-refractivity contribution in [2.24, 2.45) is 0 Å². The van der Waals surface area contributed by atoms with Crippen molar-refractivity contribution < 1.29 is 13.7 Å². The average molecular weight is 323 g/mol. The summed E-state index contributed by atoms with van der Waals surface area (Å²) < 4.78 is 24.6. The fourth-order valence-electron chi connectivity index (χ4n) is 2.11. The monoisotopic (exact) mass is 323 g/mol. The number of nitrogens with zero attached hydrogens (tertiary/aromatic N) is 3. The van der Waals surface area contributed by atoms with Crippen molar-refractivity contribution in [2.45, 2.75) is 20.0 Å². The first kappa shape index (κ1) is 15.7. The maximum absolute atomic E-state index is 13.6. The molecule has 2 aromatic carbocycles. The molecule has 0 fully saturated rings. The van der Waals surface area contributed by atoms with Gasteiger partial charge in [-0.25, -0.2) is 4.39 Å². The number of benzene rings is 2. The van der Waals surface area contributed by atoms with E-state index < -0.39 is 6.10 Å². The molecule has 120 valence electrons. The Morgan fingerprint density at radius 2 is 1.96 bits per heavy atom. The van der Waals surface area contributed by atoms with Gasteiger partial charge >= 0.3 is 0 Å². The number of aromatic nitrogens is 2. The van der Waals surface area contributed by atoms with Crippen LogP contribution in [-0.4, -0.2) is 10.1 Å². The van der Waals surface area contributed by atoms with Crippen LogP contribution in [-0.2, 0) is 0 Å². The molecule has 0 spiro atoms. The Morgan fingerprint density at radius 3 is 2.62 bits per heavy atom. The summed E-state index contributed by atoms with van der Waals surface area (Å²) in [6.45, 7) is 3.46. The van der Waals surface area contributed by atoms with Crippen molar-refractivity contribution in [1.82, 2.24) is 10.1 Å². The van der Waals surface area contributed by atoms with Crippen LogP contribution in [0.5, 0.6) is 5.75 Å². The molecule has 0 saturated heterocycles. The largest absolute Gasteiger partial charge is 0.481 e. The molecule has 0 saturated carbocycles. The molecule has 0 radical (unpaired) electrons. The normalized spacial score (nSPS) is 11.8. The highest BCUT2D eigenvalue weighted by Gasteiger charge is 2.17. The van der Waals surface area contributed by atoms with E-state index in [1.54, 1.807) is 50.2 Å². The Balaban J connectivity index is 1.76. The Bertz CT molecular complexity index is 897. The smallest absolute Gasteiger partial charge is 0.267 e. The molecular formula is C18H14FN3O2. The molecule has 1 atom stereocenters. The van der Waals surface area contributed by atoms with Gasteiger partial charge in [0.25, 0.3) is 5.89 Å². The summed E-state index contributed by atoms with van der Waals surface area (Å²) in [7, 11) is 0. The van der Waals surface area contributed by atoms with Gasteiger partial charge in [0.05, 0.1) is 11.6 Å². The predicted octanol–water partition coefficient (Wildman–Crippen LogP) is 4.20. The Morgan fingerprint density at radius 1 is 1.21 bits per heavy atom. The zero-order valence-corrected chi connectivity index (χ0v) is 13.2. The van der Waals surface area contributed by atoms with Gasteiger partial charge in [-0.05, 0) is 49.7 Å². The molecule has 5 nitrogen and oxygen atoms in total. The van der Waals surface area contributed by atoms with E-state index in [0.717, 1.165) is 0 Å². The molecule has 0 aliphatic carbocycles. The third-order valence-corrected chi connectivity index (χ3v) is 3.52. The molecule has 0 aliphatic rings. The maximum atomic E-state index is 13.6. The van der Waals surface area contributed by atoms with Crippen LogP contribution >= 0.6 is 0 Å². The third-order valence-electron chi connectivity index (χ3n) is 3.52. The number of nitriles is 1. The van der Waals surface area contributed by atoms with Gasteiger partial charge in [-0.15, -0.1) is 0 Å². The van der Waals surface area contributed by atoms with Gasteiger partial charge in [0.2, 0.25) is 5.82 Å². The van der Waals surface area contributed by atoms with E-state index in [1.165, 1.54) is 6.07 Å². The van der Waals surface area contributed by atoms with E-state index in [4.69, 9.17) is 14.5 Å². The second-order valence-electron chi connectivity index (χ2n) is 5.32. The molecule has 3 aromatic rings. The molecule has 0 bridgehead atoms. The number of rotatable bonds is 4. The standard InChI is InChI=1S/C18H14FN3O2/c1-11-3-6-14(9-16(11)19)17-21-18(24-22-17)12(2)23-15-7-4-13(10-20)5-8-15/h3-9,12H,1-2H3. The highest BCUT2D eigenvalue weighted by molar-refractivity contribution is 5.55. The van der Waals surface area contributed by atoms with Crippen LogP contribution in [0.1, 0.15) is 30.0 Å². The first-order chi connectivity index (χ1) is 11.6. The Labute approximate surface area is 138 Å². The van der Waals surface area contributed by atoms with E-state index in [0.29, 0.717) is 28.3 Å². The van der Waals surface area contributed by atoms with E-state index in [1.807, 2.05) is 6.07 Å². The highest BCUT2D eigenvalue weighted by Crippen LogP contribution is 2.24. The number of aryl methyl sites for hydroxylation is 1. The summed E-state index contributed by atoms with van der Waals surface area (Å²) in [6, 6.07) is 13.5. The van der Waals surface area contributed by atoms with Gasteiger partial charge in [0, 0.05) is 5.56 Å². The van der Waals surface area contributed by atoms with Crippen molar-refractivity contribution in [1.29, 1.82) is 5.26 Å². The average Bonchev–Trinajstić information content (AvgIpc) is 3.08. The van der Waals surface area contributed by atoms with E-state index in [-0.39, 0.29) is 11.7 Å². The van der Waals surface area contributed by atoms with E-state index >= 15 is 0 Å². The maximum Gasteiger partial charge on any atom is 0.267 e.